The van der Waals surface area contributed by atoms with Gasteiger partial charge in [-0.05, 0) is 106 Å². The normalized spacial score (nSPS) is 11.5. The molecule has 0 bridgehead atoms. The van der Waals surface area contributed by atoms with E-state index in [0.29, 0.717) is 0 Å². The van der Waals surface area contributed by atoms with E-state index in [-0.39, 0.29) is 0 Å². The maximum atomic E-state index is 6.31. The monoisotopic (exact) mass is 728 g/mol. The lowest BCUT2D eigenvalue weighted by Crippen LogP contribution is -2.10. The zero-order chi connectivity index (χ0) is 37.7. The standard InChI is InChI=1S/C54H36N2O/c1-2-14-37(15-3-1)39-16-10-17-40(34-39)38-30-32-42(33-31-38)55(43-19-11-18-41(35-43)46-25-13-29-53-54(46)49-24-6-9-28-52(49)57-53)44-20-12-21-45(36-44)56-50-26-7-4-22-47(50)48-23-5-8-27-51(48)56/h1-36H. The van der Waals surface area contributed by atoms with Crippen LogP contribution in [0.2, 0.25) is 0 Å². The van der Waals surface area contributed by atoms with Gasteiger partial charge in [-0.3, -0.25) is 0 Å². The Bertz CT molecular complexity index is 3190. The zero-order valence-corrected chi connectivity index (χ0v) is 31.1. The molecule has 9 aromatic carbocycles. The third-order valence-corrected chi connectivity index (χ3v) is 11.2. The maximum Gasteiger partial charge on any atom is 0.136 e. The average molecular weight is 729 g/mol. The lowest BCUT2D eigenvalue weighted by Gasteiger charge is -2.27. The van der Waals surface area contributed by atoms with Gasteiger partial charge in [0.15, 0.2) is 0 Å². The summed E-state index contributed by atoms with van der Waals surface area (Å²) in [6, 6.07) is 78.2. The lowest BCUT2D eigenvalue weighted by atomic mass is 9.98. The first kappa shape index (κ1) is 32.8. The van der Waals surface area contributed by atoms with Crippen molar-refractivity contribution in [2.24, 2.45) is 0 Å². The van der Waals surface area contributed by atoms with Crippen molar-refractivity contribution in [3.8, 4) is 39.1 Å². The Kier molecular flexibility index (Phi) is 7.82. The van der Waals surface area contributed by atoms with Crippen LogP contribution >= 0.6 is 0 Å². The molecule has 0 aliphatic heterocycles. The number of nitrogens with zero attached hydrogens (tertiary/aromatic N) is 2. The molecule has 0 fully saturated rings. The predicted octanol–water partition coefficient (Wildman–Crippen LogP) is 15.2. The molecule has 57 heavy (non-hydrogen) atoms. The minimum Gasteiger partial charge on any atom is -0.456 e. The smallest absolute Gasteiger partial charge is 0.136 e. The van der Waals surface area contributed by atoms with E-state index in [1.54, 1.807) is 0 Å². The number of hydrogen-bond donors (Lipinski definition) is 0. The molecule has 0 amide bonds. The summed E-state index contributed by atoms with van der Waals surface area (Å²) in [6.45, 7) is 0. The van der Waals surface area contributed by atoms with Gasteiger partial charge in [-0.15, -0.1) is 0 Å². The SMILES string of the molecule is c1ccc(-c2cccc(-c3ccc(N(c4cccc(-c5cccc6oc7ccccc7c56)c4)c4cccc(-n5c6ccccc6c6ccccc65)c4)cc3)c2)cc1. The summed E-state index contributed by atoms with van der Waals surface area (Å²) < 4.78 is 8.69. The molecule has 3 nitrogen and oxygen atoms in total. The Labute approximate surface area is 330 Å². The van der Waals surface area contributed by atoms with Gasteiger partial charge in [-0.1, -0.05) is 146 Å². The first-order valence-corrected chi connectivity index (χ1v) is 19.4. The van der Waals surface area contributed by atoms with Crippen molar-refractivity contribution in [3.05, 3.63) is 218 Å². The second-order valence-electron chi connectivity index (χ2n) is 14.5. The van der Waals surface area contributed by atoms with E-state index in [0.717, 1.165) is 55.8 Å². The van der Waals surface area contributed by atoms with Gasteiger partial charge in [0, 0.05) is 44.3 Å². The number of benzene rings is 9. The molecule has 11 aromatic rings. The first-order valence-electron chi connectivity index (χ1n) is 19.4. The molecule has 3 heteroatoms. The number of hydrogen-bond acceptors (Lipinski definition) is 2. The van der Waals surface area contributed by atoms with Gasteiger partial charge in [-0.25, -0.2) is 0 Å². The molecule has 0 saturated heterocycles. The van der Waals surface area contributed by atoms with E-state index < -0.39 is 0 Å². The fraction of sp³-hybridized carbons (Fsp3) is 0. The van der Waals surface area contributed by atoms with Crippen LogP contribution < -0.4 is 4.90 Å². The molecule has 2 heterocycles. The summed E-state index contributed by atoms with van der Waals surface area (Å²) >= 11 is 0. The van der Waals surface area contributed by atoms with E-state index in [9.17, 15) is 0 Å². The van der Waals surface area contributed by atoms with Crippen LogP contribution in [0, 0.1) is 0 Å². The molecule has 268 valence electrons. The average Bonchev–Trinajstić information content (AvgIpc) is 3.84. The van der Waals surface area contributed by atoms with Crippen molar-refractivity contribution in [1.82, 2.24) is 4.57 Å². The van der Waals surface area contributed by atoms with Crippen molar-refractivity contribution >= 4 is 60.8 Å². The second-order valence-corrected chi connectivity index (χ2v) is 14.5. The molecule has 0 aliphatic rings. The van der Waals surface area contributed by atoms with Crippen LogP contribution in [-0.4, -0.2) is 4.57 Å². The van der Waals surface area contributed by atoms with Gasteiger partial charge in [0.05, 0.1) is 11.0 Å². The molecule has 0 radical (unpaired) electrons. The minimum atomic E-state index is 0.891. The molecule has 2 aromatic heterocycles. The van der Waals surface area contributed by atoms with E-state index in [1.165, 1.54) is 44.1 Å². The topological polar surface area (TPSA) is 21.3 Å². The highest BCUT2D eigenvalue weighted by Crippen LogP contribution is 2.42. The van der Waals surface area contributed by atoms with Gasteiger partial charge in [0.1, 0.15) is 11.2 Å². The molecule has 0 saturated carbocycles. The summed E-state index contributed by atoms with van der Waals surface area (Å²) in [5, 5.41) is 4.75. The Morgan fingerprint density at radius 3 is 1.63 bits per heavy atom. The van der Waals surface area contributed by atoms with Gasteiger partial charge in [-0.2, -0.15) is 0 Å². The fourth-order valence-corrected chi connectivity index (χ4v) is 8.56. The molecule has 0 atom stereocenters. The van der Waals surface area contributed by atoms with Gasteiger partial charge in [0.25, 0.3) is 0 Å². The van der Waals surface area contributed by atoms with Crippen molar-refractivity contribution in [1.29, 1.82) is 0 Å². The van der Waals surface area contributed by atoms with E-state index in [1.807, 2.05) is 12.1 Å². The van der Waals surface area contributed by atoms with Crippen molar-refractivity contribution in [2.45, 2.75) is 0 Å². The van der Waals surface area contributed by atoms with E-state index in [2.05, 4.69) is 216 Å². The van der Waals surface area contributed by atoms with E-state index in [4.69, 9.17) is 4.42 Å². The third-order valence-electron chi connectivity index (χ3n) is 11.2. The number of anilines is 3. The highest BCUT2D eigenvalue weighted by Gasteiger charge is 2.19. The Morgan fingerprint density at radius 1 is 0.333 bits per heavy atom. The second kappa shape index (κ2) is 13.6. The number of para-hydroxylation sites is 3. The summed E-state index contributed by atoms with van der Waals surface area (Å²) in [5.41, 5.74) is 15.5. The summed E-state index contributed by atoms with van der Waals surface area (Å²) in [7, 11) is 0. The molecule has 0 unspecified atom stereocenters. The lowest BCUT2D eigenvalue weighted by molar-refractivity contribution is 0.669. The Balaban J connectivity index is 1.07. The number of fused-ring (bicyclic) bond motifs is 6. The third kappa shape index (κ3) is 5.68. The maximum absolute atomic E-state index is 6.31. The van der Waals surface area contributed by atoms with Crippen molar-refractivity contribution < 1.29 is 4.42 Å². The van der Waals surface area contributed by atoms with Crippen LogP contribution in [0.4, 0.5) is 17.1 Å². The highest BCUT2D eigenvalue weighted by atomic mass is 16.3. The number of aromatic nitrogens is 1. The van der Waals surface area contributed by atoms with Crippen LogP contribution in [0.15, 0.2) is 223 Å². The molecule has 11 rings (SSSR count). The number of furan rings is 1. The van der Waals surface area contributed by atoms with Crippen LogP contribution in [0.3, 0.4) is 0 Å². The molecular weight excluding hydrogens is 693 g/mol. The summed E-state index contributed by atoms with van der Waals surface area (Å²) in [6.07, 6.45) is 0. The molecule has 0 aliphatic carbocycles. The zero-order valence-electron chi connectivity index (χ0n) is 31.1. The van der Waals surface area contributed by atoms with Crippen molar-refractivity contribution in [2.75, 3.05) is 4.90 Å². The van der Waals surface area contributed by atoms with Crippen LogP contribution in [0.1, 0.15) is 0 Å². The highest BCUT2D eigenvalue weighted by molar-refractivity contribution is 6.13. The van der Waals surface area contributed by atoms with Crippen molar-refractivity contribution in [3.63, 3.8) is 0 Å². The van der Waals surface area contributed by atoms with Gasteiger partial charge in [0.2, 0.25) is 0 Å². The summed E-state index contributed by atoms with van der Waals surface area (Å²) in [4.78, 5) is 2.37. The summed E-state index contributed by atoms with van der Waals surface area (Å²) in [5.74, 6) is 0. The molecular formula is C54H36N2O. The fourth-order valence-electron chi connectivity index (χ4n) is 8.56. The molecule has 0 spiro atoms. The number of rotatable bonds is 7. The van der Waals surface area contributed by atoms with E-state index >= 15 is 0 Å². The molecule has 0 N–H and O–H groups in total. The minimum absolute atomic E-state index is 0.891. The Morgan fingerprint density at radius 2 is 0.877 bits per heavy atom. The first-order chi connectivity index (χ1) is 28.3. The van der Waals surface area contributed by atoms with Crippen LogP contribution in [0.5, 0.6) is 0 Å². The largest absolute Gasteiger partial charge is 0.456 e. The van der Waals surface area contributed by atoms with Crippen LogP contribution in [-0.2, 0) is 0 Å². The Hall–Kier alpha value is -7.62. The van der Waals surface area contributed by atoms with Gasteiger partial charge < -0.3 is 13.9 Å². The van der Waals surface area contributed by atoms with Crippen LogP contribution in [0.25, 0.3) is 82.8 Å². The quantitative estimate of drug-likeness (QED) is 0.163. The van der Waals surface area contributed by atoms with Gasteiger partial charge >= 0.3 is 0 Å². The predicted molar refractivity (Wildman–Crippen MR) is 239 cm³/mol.